The Balaban J connectivity index is 1.57. The number of nitrogens with zero attached hydrogens (tertiary/aromatic N) is 4. The van der Waals surface area contributed by atoms with E-state index in [2.05, 4.69) is 42.6 Å². The van der Waals surface area contributed by atoms with Crippen molar-refractivity contribution in [1.82, 2.24) is 14.9 Å². The molecule has 4 aromatic rings. The number of aromatic nitrogens is 2. The Bertz CT molecular complexity index is 1550. The molecule has 0 bridgehead atoms. The highest BCUT2D eigenvalue weighted by Gasteiger charge is 2.14. The molecule has 8 nitrogen and oxygen atoms in total. The standard InChI is InChI=1S/C29H28BrClN6O2/c1-18-12-25-22(14-24(18)36-28(38)8-5-11-37(2)3)29(19(15-32)16-33-25)35-20-9-10-26(23(31)13-20)39-17-21-6-4-7-27(30)34-21/h4,6-7,9-10,12-14,16H,5,8,11,17H2,1-3H3,(H,33,35)(H,36,38). The van der Waals surface area contributed by atoms with Crippen molar-refractivity contribution in [1.29, 1.82) is 5.26 Å². The van der Waals surface area contributed by atoms with Crippen LogP contribution < -0.4 is 15.4 Å². The van der Waals surface area contributed by atoms with Gasteiger partial charge in [0.15, 0.2) is 0 Å². The van der Waals surface area contributed by atoms with Crippen LogP contribution in [0.5, 0.6) is 5.75 Å². The highest BCUT2D eigenvalue weighted by atomic mass is 79.9. The van der Waals surface area contributed by atoms with Gasteiger partial charge >= 0.3 is 0 Å². The van der Waals surface area contributed by atoms with Crippen LogP contribution in [0.4, 0.5) is 17.1 Å². The van der Waals surface area contributed by atoms with Crippen molar-refractivity contribution in [2.75, 3.05) is 31.3 Å². The molecule has 2 aromatic heterocycles. The molecule has 0 fully saturated rings. The van der Waals surface area contributed by atoms with Gasteiger partial charge in [-0.15, -0.1) is 0 Å². The second-order valence-electron chi connectivity index (χ2n) is 9.31. The van der Waals surface area contributed by atoms with Crippen LogP contribution in [0.15, 0.2) is 59.3 Å². The van der Waals surface area contributed by atoms with Crippen LogP contribution in [0.25, 0.3) is 10.9 Å². The molecule has 0 aliphatic heterocycles. The fourth-order valence-corrected chi connectivity index (χ4v) is 4.60. The van der Waals surface area contributed by atoms with Crippen LogP contribution in [0.1, 0.15) is 29.7 Å². The second-order valence-corrected chi connectivity index (χ2v) is 10.5. The van der Waals surface area contributed by atoms with Crippen LogP contribution in [-0.4, -0.2) is 41.4 Å². The van der Waals surface area contributed by atoms with Crippen LogP contribution in [-0.2, 0) is 11.4 Å². The normalized spacial score (nSPS) is 10.9. The number of fused-ring (bicyclic) bond motifs is 1. The molecule has 0 unspecified atom stereocenters. The van der Waals surface area contributed by atoms with Crippen molar-refractivity contribution in [3.05, 3.63) is 81.2 Å². The average molecular weight is 608 g/mol. The lowest BCUT2D eigenvalue weighted by Gasteiger charge is -2.16. The van der Waals surface area contributed by atoms with Crippen molar-refractivity contribution in [2.24, 2.45) is 0 Å². The van der Waals surface area contributed by atoms with Crippen LogP contribution in [0.3, 0.4) is 0 Å². The Kier molecular flexibility index (Phi) is 9.36. The second kappa shape index (κ2) is 12.9. The van der Waals surface area contributed by atoms with Crippen LogP contribution in [0.2, 0.25) is 5.02 Å². The van der Waals surface area contributed by atoms with E-state index in [0.717, 1.165) is 28.8 Å². The summed E-state index contributed by atoms with van der Waals surface area (Å²) in [5.74, 6) is 0.456. The summed E-state index contributed by atoms with van der Waals surface area (Å²) in [7, 11) is 3.96. The van der Waals surface area contributed by atoms with E-state index in [1.54, 1.807) is 12.1 Å². The third kappa shape index (κ3) is 7.45. The number of halogens is 2. The lowest BCUT2D eigenvalue weighted by Crippen LogP contribution is -2.17. The van der Waals surface area contributed by atoms with Crippen molar-refractivity contribution >= 4 is 61.4 Å². The Morgan fingerprint density at radius 2 is 2.03 bits per heavy atom. The topological polar surface area (TPSA) is 103 Å². The first-order valence-electron chi connectivity index (χ1n) is 12.3. The number of carbonyl (C=O) groups is 1. The summed E-state index contributed by atoms with van der Waals surface area (Å²) >= 11 is 9.88. The summed E-state index contributed by atoms with van der Waals surface area (Å²) in [4.78, 5) is 23.4. The van der Waals surface area contributed by atoms with E-state index >= 15 is 0 Å². The minimum atomic E-state index is -0.0568. The zero-order chi connectivity index (χ0) is 27.9. The number of carbonyl (C=O) groups excluding carboxylic acids is 1. The predicted molar refractivity (Wildman–Crippen MR) is 159 cm³/mol. The molecule has 0 spiro atoms. The number of ether oxygens (including phenoxy) is 1. The first-order chi connectivity index (χ1) is 18.7. The fraction of sp³-hybridized carbons (Fsp3) is 0.241. The quantitative estimate of drug-likeness (QED) is 0.191. The van der Waals surface area contributed by atoms with Gasteiger partial charge in [0.05, 0.1) is 27.5 Å². The van der Waals surface area contributed by atoms with Gasteiger partial charge in [0.25, 0.3) is 0 Å². The zero-order valence-corrected chi connectivity index (χ0v) is 24.2. The van der Waals surface area contributed by atoms with Crippen molar-refractivity contribution in [3.63, 3.8) is 0 Å². The van der Waals surface area contributed by atoms with Crippen molar-refractivity contribution < 1.29 is 9.53 Å². The first kappa shape index (κ1) is 28.3. The van der Waals surface area contributed by atoms with Gasteiger partial charge in [0.1, 0.15) is 23.0 Å². The lowest BCUT2D eigenvalue weighted by atomic mass is 10.0. The number of hydrogen-bond donors (Lipinski definition) is 2. The van der Waals surface area contributed by atoms with Crippen molar-refractivity contribution in [2.45, 2.75) is 26.4 Å². The smallest absolute Gasteiger partial charge is 0.224 e. The summed E-state index contributed by atoms with van der Waals surface area (Å²) < 4.78 is 6.59. The van der Waals surface area contributed by atoms with E-state index in [0.29, 0.717) is 50.7 Å². The maximum absolute atomic E-state index is 12.6. The summed E-state index contributed by atoms with van der Waals surface area (Å²) in [6.07, 6.45) is 2.72. The minimum absolute atomic E-state index is 0.0568. The lowest BCUT2D eigenvalue weighted by molar-refractivity contribution is -0.116. The Hall–Kier alpha value is -3.71. The van der Waals surface area contributed by atoms with Gasteiger partial charge in [-0.2, -0.15) is 5.26 Å². The number of aryl methyl sites for hydroxylation is 1. The van der Waals surface area contributed by atoms with E-state index in [1.165, 1.54) is 6.20 Å². The number of nitrogens with one attached hydrogen (secondary N) is 2. The van der Waals surface area contributed by atoms with Crippen molar-refractivity contribution in [3.8, 4) is 11.8 Å². The third-order valence-corrected chi connectivity index (χ3v) is 6.70. The molecular weight excluding hydrogens is 580 g/mol. The summed E-state index contributed by atoms with van der Waals surface area (Å²) in [6, 6.07) is 16.9. The number of amides is 1. The molecule has 0 atom stereocenters. The molecule has 0 saturated carbocycles. The number of benzene rings is 2. The molecule has 4 rings (SSSR count). The van der Waals surface area contributed by atoms with Crippen LogP contribution >= 0.6 is 27.5 Å². The van der Waals surface area contributed by atoms with Gasteiger partial charge in [0, 0.05) is 29.4 Å². The number of hydrogen-bond acceptors (Lipinski definition) is 7. The van der Waals surface area contributed by atoms with Gasteiger partial charge in [-0.05, 0) is 97.9 Å². The molecule has 1 amide bonds. The van der Waals surface area contributed by atoms with Gasteiger partial charge < -0.3 is 20.3 Å². The molecule has 0 aliphatic rings. The zero-order valence-electron chi connectivity index (χ0n) is 21.9. The van der Waals surface area contributed by atoms with Gasteiger partial charge in [0.2, 0.25) is 5.91 Å². The molecule has 0 saturated heterocycles. The number of nitriles is 1. The fourth-order valence-electron chi connectivity index (χ4n) is 3.99. The van der Waals surface area contributed by atoms with E-state index < -0.39 is 0 Å². The molecule has 2 aromatic carbocycles. The molecule has 2 heterocycles. The molecule has 0 radical (unpaired) electrons. The number of anilines is 3. The first-order valence-corrected chi connectivity index (χ1v) is 13.5. The minimum Gasteiger partial charge on any atom is -0.486 e. The highest BCUT2D eigenvalue weighted by Crippen LogP contribution is 2.35. The molecule has 200 valence electrons. The SMILES string of the molecule is Cc1cc2ncc(C#N)c(Nc3ccc(OCc4cccc(Br)n4)c(Cl)c3)c2cc1NC(=O)CCCN(C)C. The Morgan fingerprint density at radius 1 is 1.21 bits per heavy atom. The van der Waals surface area contributed by atoms with Gasteiger partial charge in [-0.25, -0.2) is 4.98 Å². The van der Waals surface area contributed by atoms with E-state index in [-0.39, 0.29) is 12.5 Å². The summed E-state index contributed by atoms with van der Waals surface area (Å²) in [5.41, 5.74) is 4.65. The maximum atomic E-state index is 12.6. The molecular formula is C29H28BrClN6O2. The van der Waals surface area contributed by atoms with E-state index in [1.807, 2.05) is 62.3 Å². The van der Waals surface area contributed by atoms with E-state index in [4.69, 9.17) is 16.3 Å². The monoisotopic (exact) mass is 606 g/mol. The third-order valence-electron chi connectivity index (χ3n) is 5.97. The predicted octanol–water partition coefficient (Wildman–Crippen LogP) is 6.83. The summed E-state index contributed by atoms with van der Waals surface area (Å²) in [5, 5.41) is 17.3. The molecule has 10 heteroatoms. The summed E-state index contributed by atoms with van der Waals surface area (Å²) in [6.45, 7) is 3.02. The van der Waals surface area contributed by atoms with Crippen LogP contribution in [0, 0.1) is 18.3 Å². The molecule has 0 aliphatic carbocycles. The highest BCUT2D eigenvalue weighted by molar-refractivity contribution is 9.10. The molecule has 2 N–H and O–H groups in total. The average Bonchev–Trinajstić information content (AvgIpc) is 2.89. The Morgan fingerprint density at radius 3 is 2.74 bits per heavy atom. The maximum Gasteiger partial charge on any atom is 0.224 e. The number of rotatable bonds is 10. The molecule has 39 heavy (non-hydrogen) atoms. The number of pyridine rings is 2. The van der Waals surface area contributed by atoms with Gasteiger partial charge in [-0.3, -0.25) is 9.78 Å². The van der Waals surface area contributed by atoms with Gasteiger partial charge in [-0.1, -0.05) is 17.7 Å². The van der Waals surface area contributed by atoms with E-state index in [9.17, 15) is 10.1 Å². The Labute approximate surface area is 241 Å². The largest absolute Gasteiger partial charge is 0.486 e.